The van der Waals surface area contributed by atoms with Crippen LogP contribution in [0.4, 0.5) is 0 Å². The molecular formula is C9H20ClNO5. The van der Waals surface area contributed by atoms with Crippen LogP contribution in [0.3, 0.4) is 0 Å². The molecule has 0 saturated carbocycles. The summed E-state index contributed by atoms with van der Waals surface area (Å²) >= 11 is 0. The first kappa shape index (κ1) is 16.1. The first-order valence-electron chi connectivity index (χ1n) is 4.79. The molecule has 0 radical (unpaired) electrons. The zero-order chi connectivity index (χ0) is 11.4. The molecule has 1 rings (SSSR count). The first-order valence-corrected chi connectivity index (χ1v) is 4.79. The molecule has 1 aliphatic rings. The van der Waals surface area contributed by atoms with E-state index in [1.54, 1.807) is 14.2 Å². The maximum atomic E-state index is 9.55. The Balaban J connectivity index is 0.00000225. The predicted octanol–water partition coefficient (Wildman–Crippen LogP) is -0.871. The number of halogens is 1. The lowest BCUT2D eigenvalue weighted by molar-refractivity contribution is -0.259. The van der Waals surface area contributed by atoms with Crippen molar-refractivity contribution in [3.05, 3.63) is 0 Å². The van der Waals surface area contributed by atoms with E-state index in [0.717, 1.165) is 0 Å². The summed E-state index contributed by atoms with van der Waals surface area (Å²) in [7, 11) is 4.63. The molecular weight excluding hydrogens is 238 g/mol. The number of nitrogens with two attached hydrogens (primary N) is 1. The summed E-state index contributed by atoms with van der Waals surface area (Å²) in [6.45, 7) is 0.322. The number of ether oxygens (including phenoxy) is 4. The topological polar surface area (TPSA) is 83.2 Å². The molecule has 98 valence electrons. The van der Waals surface area contributed by atoms with E-state index < -0.39 is 18.4 Å². The second-order valence-corrected chi connectivity index (χ2v) is 3.50. The molecule has 6 nitrogen and oxygen atoms in total. The van der Waals surface area contributed by atoms with Gasteiger partial charge in [0.15, 0.2) is 6.29 Å². The fourth-order valence-corrected chi connectivity index (χ4v) is 1.82. The van der Waals surface area contributed by atoms with E-state index in [1.807, 2.05) is 0 Å². The molecule has 1 saturated heterocycles. The van der Waals surface area contributed by atoms with Gasteiger partial charge in [-0.2, -0.15) is 0 Å². The Kier molecular flexibility index (Phi) is 7.41. The van der Waals surface area contributed by atoms with Gasteiger partial charge in [-0.3, -0.25) is 0 Å². The molecule has 1 heterocycles. The standard InChI is InChI=1S/C9H19NO5.ClH/c1-12-4-5-7(13-2)8(14-3)6(10)9(11)15-5;/h5-9,11H,4,10H2,1-3H3;1H/t5-,6-,7-,8-,9?;/m1./s1. The molecule has 0 aromatic carbocycles. The van der Waals surface area contributed by atoms with Gasteiger partial charge in [-0.1, -0.05) is 0 Å². The Bertz CT molecular complexity index is 197. The highest BCUT2D eigenvalue weighted by atomic mass is 35.5. The van der Waals surface area contributed by atoms with E-state index in [9.17, 15) is 5.11 Å². The third-order valence-corrected chi connectivity index (χ3v) is 2.59. The van der Waals surface area contributed by atoms with E-state index in [0.29, 0.717) is 6.61 Å². The summed E-state index contributed by atoms with van der Waals surface area (Å²) in [5, 5.41) is 9.55. The second kappa shape index (κ2) is 7.39. The average Bonchev–Trinajstić information content (AvgIpc) is 2.23. The van der Waals surface area contributed by atoms with Crippen molar-refractivity contribution in [2.75, 3.05) is 27.9 Å². The molecule has 0 aliphatic carbocycles. The molecule has 0 aromatic heterocycles. The lowest BCUT2D eigenvalue weighted by Crippen LogP contribution is -2.63. The van der Waals surface area contributed by atoms with E-state index in [1.165, 1.54) is 7.11 Å². The number of aliphatic hydroxyl groups is 1. The van der Waals surface area contributed by atoms with Gasteiger partial charge in [0.1, 0.15) is 18.3 Å². The monoisotopic (exact) mass is 257 g/mol. The molecule has 5 atom stereocenters. The van der Waals surface area contributed by atoms with Crippen LogP contribution < -0.4 is 5.73 Å². The van der Waals surface area contributed by atoms with Crippen LogP contribution in [0, 0.1) is 0 Å². The average molecular weight is 258 g/mol. The fraction of sp³-hybridized carbons (Fsp3) is 1.00. The van der Waals surface area contributed by atoms with Gasteiger partial charge in [0, 0.05) is 21.3 Å². The van der Waals surface area contributed by atoms with Crippen LogP contribution in [0.1, 0.15) is 0 Å². The van der Waals surface area contributed by atoms with Gasteiger partial charge < -0.3 is 29.8 Å². The Morgan fingerprint density at radius 3 is 2.19 bits per heavy atom. The molecule has 7 heteroatoms. The minimum Gasteiger partial charge on any atom is -0.382 e. The van der Waals surface area contributed by atoms with Gasteiger partial charge in [-0.05, 0) is 0 Å². The van der Waals surface area contributed by atoms with Gasteiger partial charge in [0.2, 0.25) is 0 Å². The van der Waals surface area contributed by atoms with E-state index in [4.69, 9.17) is 24.7 Å². The zero-order valence-electron chi connectivity index (χ0n) is 9.66. The molecule has 0 spiro atoms. The number of hydrogen-bond acceptors (Lipinski definition) is 6. The highest BCUT2D eigenvalue weighted by molar-refractivity contribution is 5.85. The lowest BCUT2D eigenvalue weighted by atomic mass is 9.97. The van der Waals surface area contributed by atoms with Gasteiger partial charge >= 0.3 is 0 Å². The Morgan fingerprint density at radius 2 is 1.75 bits per heavy atom. The highest BCUT2D eigenvalue weighted by Crippen LogP contribution is 2.22. The molecule has 1 aliphatic heterocycles. The van der Waals surface area contributed by atoms with Gasteiger partial charge in [0.25, 0.3) is 0 Å². The van der Waals surface area contributed by atoms with E-state index in [2.05, 4.69) is 0 Å². The first-order chi connectivity index (χ1) is 7.15. The zero-order valence-corrected chi connectivity index (χ0v) is 10.5. The summed E-state index contributed by atoms with van der Waals surface area (Å²) in [4.78, 5) is 0. The molecule has 1 fully saturated rings. The van der Waals surface area contributed by atoms with Crippen molar-refractivity contribution >= 4 is 12.4 Å². The maximum Gasteiger partial charge on any atom is 0.173 e. The van der Waals surface area contributed by atoms with Crippen molar-refractivity contribution in [1.82, 2.24) is 0 Å². The quantitative estimate of drug-likeness (QED) is 0.681. The molecule has 16 heavy (non-hydrogen) atoms. The molecule has 0 bridgehead atoms. The second-order valence-electron chi connectivity index (χ2n) is 3.50. The summed E-state index contributed by atoms with van der Waals surface area (Å²) in [5.74, 6) is 0. The minimum absolute atomic E-state index is 0. The number of hydrogen-bond donors (Lipinski definition) is 2. The van der Waals surface area contributed by atoms with Crippen LogP contribution >= 0.6 is 12.4 Å². The van der Waals surface area contributed by atoms with Crippen LogP contribution in [0.15, 0.2) is 0 Å². The minimum atomic E-state index is -1.05. The summed E-state index contributed by atoms with van der Waals surface area (Å²) in [6, 6.07) is -0.618. The van der Waals surface area contributed by atoms with E-state index >= 15 is 0 Å². The SMILES string of the molecule is COC[C@H]1OC(O)[C@H](N)[C@@H](OC)[C@@H]1OC.Cl. The predicted molar refractivity (Wildman–Crippen MR) is 59.6 cm³/mol. The third kappa shape index (κ3) is 3.27. The Labute approximate surface area is 101 Å². The number of aliphatic hydroxyl groups excluding tert-OH is 1. The smallest absolute Gasteiger partial charge is 0.173 e. The molecule has 1 unspecified atom stereocenters. The van der Waals surface area contributed by atoms with Crippen LogP contribution in [0.25, 0.3) is 0 Å². The molecule has 3 N–H and O–H groups in total. The Hall–Kier alpha value is 0.0500. The van der Waals surface area contributed by atoms with Crippen molar-refractivity contribution in [3.8, 4) is 0 Å². The normalized spacial score (nSPS) is 39.2. The highest BCUT2D eigenvalue weighted by Gasteiger charge is 2.44. The van der Waals surface area contributed by atoms with E-state index in [-0.39, 0.29) is 24.6 Å². The van der Waals surface area contributed by atoms with Gasteiger partial charge in [-0.15, -0.1) is 12.4 Å². The van der Waals surface area contributed by atoms with Crippen LogP contribution in [-0.2, 0) is 18.9 Å². The van der Waals surface area contributed by atoms with Crippen LogP contribution in [0.2, 0.25) is 0 Å². The van der Waals surface area contributed by atoms with Gasteiger partial charge in [0.05, 0.1) is 12.6 Å². The van der Waals surface area contributed by atoms with Crippen molar-refractivity contribution in [2.45, 2.75) is 30.6 Å². The van der Waals surface area contributed by atoms with Crippen LogP contribution in [0.5, 0.6) is 0 Å². The Morgan fingerprint density at radius 1 is 1.19 bits per heavy atom. The summed E-state index contributed by atoms with van der Waals surface area (Å²) < 4.78 is 20.7. The summed E-state index contributed by atoms with van der Waals surface area (Å²) in [6.07, 6.45) is -2.17. The molecule has 0 aromatic rings. The third-order valence-electron chi connectivity index (χ3n) is 2.59. The lowest BCUT2D eigenvalue weighted by Gasteiger charge is -2.42. The molecule has 0 amide bonds. The van der Waals surface area contributed by atoms with Crippen LogP contribution in [-0.4, -0.2) is 63.7 Å². The van der Waals surface area contributed by atoms with Gasteiger partial charge in [-0.25, -0.2) is 0 Å². The van der Waals surface area contributed by atoms with Crippen molar-refractivity contribution in [3.63, 3.8) is 0 Å². The number of methoxy groups -OCH3 is 3. The largest absolute Gasteiger partial charge is 0.382 e. The van der Waals surface area contributed by atoms with Crippen molar-refractivity contribution < 1.29 is 24.1 Å². The fourth-order valence-electron chi connectivity index (χ4n) is 1.82. The van der Waals surface area contributed by atoms with Crippen molar-refractivity contribution in [2.24, 2.45) is 5.73 Å². The maximum absolute atomic E-state index is 9.55. The number of rotatable bonds is 4. The van der Waals surface area contributed by atoms with Crippen molar-refractivity contribution in [1.29, 1.82) is 0 Å². The summed E-state index contributed by atoms with van der Waals surface area (Å²) in [5.41, 5.74) is 5.74.